The maximum atomic E-state index is 11.7. The van der Waals surface area contributed by atoms with E-state index in [1.165, 1.54) is 0 Å². The van der Waals surface area contributed by atoms with Crippen LogP contribution in [0.5, 0.6) is 0 Å². The quantitative estimate of drug-likeness (QED) is 0.751. The summed E-state index contributed by atoms with van der Waals surface area (Å²) in [4.78, 5) is 22.5. The molecular formula is C12H19N3O4. The maximum absolute atomic E-state index is 11.7. The van der Waals surface area contributed by atoms with Crippen molar-refractivity contribution in [3.63, 3.8) is 0 Å². The van der Waals surface area contributed by atoms with E-state index in [2.05, 4.69) is 15.8 Å². The lowest BCUT2D eigenvalue weighted by atomic mass is 10.1. The summed E-state index contributed by atoms with van der Waals surface area (Å²) in [6.45, 7) is 7.02. The second-order valence-electron chi connectivity index (χ2n) is 4.38. The van der Waals surface area contributed by atoms with E-state index in [4.69, 9.17) is 9.63 Å². The van der Waals surface area contributed by atoms with Crippen molar-refractivity contribution < 1.29 is 19.2 Å². The fraction of sp³-hybridized carbons (Fsp3) is 0.583. The summed E-state index contributed by atoms with van der Waals surface area (Å²) in [7, 11) is 0. The molecule has 2 atom stereocenters. The molecule has 0 saturated heterocycles. The number of aromatic nitrogens is 1. The molecule has 0 saturated carbocycles. The van der Waals surface area contributed by atoms with Gasteiger partial charge in [0, 0.05) is 5.56 Å². The fourth-order valence-corrected chi connectivity index (χ4v) is 1.92. The number of amides is 2. The molecule has 2 amide bonds. The Balaban J connectivity index is 2.65. The lowest BCUT2D eigenvalue weighted by Crippen LogP contribution is -2.46. The molecular weight excluding hydrogens is 250 g/mol. The van der Waals surface area contributed by atoms with Gasteiger partial charge in [0.1, 0.15) is 11.8 Å². The van der Waals surface area contributed by atoms with Crippen molar-refractivity contribution in [2.75, 3.05) is 0 Å². The highest BCUT2D eigenvalue weighted by molar-refractivity contribution is 5.82. The predicted molar refractivity (Wildman–Crippen MR) is 67.8 cm³/mol. The molecule has 1 aromatic heterocycles. The van der Waals surface area contributed by atoms with Crippen LogP contribution in [-0.4, -0.2) is 28.3 Å². The van der Waals surface area contributed by atoms with Gasteiger partial charge in [-0.3, -0.25) is 0 Å². The first kappa shape index (κ1) is 15.0. The Morgan fingerprint density at radius 2 is 2.00 bits per heavy atom. The standard InChI is InChI=1S/C12H19N3O4/c1-5-9(11(16)17)14-12(18)13-6(2)10-7(3)15-19-8(10)4/h6,9H,5H2,1-4H3,(H,16,17)(H2,13,14,18). The highest BCUT2D eigenvalue weighted by Gasteiger charge is 2.21. The number of carboxylic acid groups (broad SMARTS) is 1. The number of carboxylic acids is 1. The SMILES string of the molecule is CCC(NC(=O)NC(C)c1c(C)noc1C)C(=O)O. The van der Waals surface area contributed by atoms with Crippen molar-refractivity contribution in [1.82, 2.24) is 15.8 Å². The van der Waals surface area contributed by atoms with Gasteiger partial charge in [-0.25, -0.2) is 9.59 Å². The Kier molecular flexibility index (Phi) is 4.91. The highest BCUT2D eigenvalue weighted by atomic mass is 16.5. The number of aliphatic carboxylic acids is 1. The molecule has 1 heterocycles. The van der Waals surface area contributed by atoms with E-state index in [0.29, 0.717) is 17.9 Å². The molecule has 0 aliphatic heterocycles. The van der Waals surface area contributed by atoms with Gasteiger partial charge in [-0.2, -0.15) is 0 Å². The van der Waals surface area contributed by atoms with Crippen LogP contribution in [0.4, 0.5) is 4.79 Å². The van der Waals surface area contributed by atoms with Crippen LogP contribution in [0.25, 0.3) is 0 Å². The summed E-state index contributed by atoms with van der Waals surface area (Å²) in [5.41, 5.74) is 1.51. The normalized spacial score (nSPS) is 13.7. The van der Waals surface area contributed by atoms with Gasteiger partial charge in [-0.15, -0.1) is 0 Å². The van der Waals surface area contributed by atoms with Crippen molar-refractivity contribution in [2.24, 2.45) is 0 Å². The third-order valence-corrected chi connectivity index (χ3v) is 2.88. The number of hydrogen-bond donors (Lipinski definition) is 3. The lowest BCUT2D eigenvalue weighted by Gasteiger charge is -2.17. The van der Waals surface area contributed by atoms with Gasteiger partial charge >= 0.3 is 12.0 Å². The number of carbonyl (C=O) groups excluding carboxylic acids is 1. The molecule has 0 radical (unpaired) electrons. The Hall–Kier alpha value is -2.05. The Morgan fingerprint density at radius 1 is 1.37 bits per heavy atom. The molecule has 1 rings (SSSR count). The monoisotopic (exact) mass is 269 g/mol. The topological polar surface area (TPSA) is 104 Å². The van der Waals surface area contributed by atoms with Crippen molar-refractivity contribution >= 4 is 12.0 Å². The van der Waals surface area contributed by atoms with Gasteiger partial charge in [0.2, 0.25) is 0 Å². The molecule has 0 aliphatic carbocycles. The van der Waals surface area contributed by atoms with E-state index in [9.17, 15) is 9.59 Å². The van der Waals surface area contributed by atoms with Gasteiger partial charge in [-0.1, -0.05) is 12.1 Å². The van der Waals surface area contributed by atoms with Gasteiger partial charge in [0.25, 0.3) is 0 Å². The van der Waals surface area contributed by atoms with Gasteiger partial charge in [0.05, 0.1) is 11.7 Å². The minimum absolute atomic E-state index is 0.308. The number of rotatable bonds is 5. The van der Waals surface area contributed by atoms with Crippen molar-refractivity contribution in [1.29, 1.82) is 0 Å². The van der Waals surface area contributed by atoms with E-state index >= 15 is 0 Å². The number of aryl methyl sites for hydroxylation is 2. The van der Waals surface area contributed by atoms with Crippen LogP contribution in [0.1, 0.15) is 43.3 Å². The third kappa shape index (κ3) is 3.70. The first-order chi connectivity index (χ1) is 8.86. The van der Waals surface area contributed by atoms with Crippen LogP contribution < -0.4 is 10.6 Å². The Morgan fingerprint density at radius 3 is 2.42 bits per heavy atom. The minimum Gasteiger partial charge on any atom is -0.480 e. The summed E-state index contributed by atoms with van der Waals surface area (Å²) >= 11 is 0. The number of nitrogens with zero attached hydrogens (tertiary/aromatic N) is 1. The molecule has 2 unspecified atom stereocenters. The van der Waals surface area contributed by atoms with E-state index < -0.39 is 18.0 Å². The minimum atomic E-state index is -1.05. The fourth-order valence-electron chi connectivity index (χ4n) is 1.92. The molecule has 7 heteroatoms. The average molecular weight is 269 g/mol. The molecule has 0 aromatic carbocycles. The number of urea groups is 1. The van der Waals surface area contributed by atoms with Crippen LogP contribution in [0.15, 0.2) is 4.52 Å². The van der Waals surface area contributed by atoms with Gasteiger partial charge in [-0.05, 0) is 27.2 Å². The summed E-state index contributed by atoms with van der Waals surface area (Å²) in [5.74, 6) is -0.418. The molecule has 0 aliphatic rings. The first-order valence-electron chi connectivity index (χ1n) is 6.09. The summed E-state index contributed by atoms with van der Waals surface area (Å²) in [5, 5.41) is 17.7. The van der Waals surface area contributed by atoms with Gasteiger partial charge < -0.3 is 20.3 Å². The van der Waals surface area contributed by atoms with Crippen LogP contribution in [0.2, 0.25) is 0 Å². The van der Waals surface area contributed by atoms with Crippen molar-refractivity contribution in [3.05, 3.63) is 17.0 Å². The summed E-state index contributed by atoms with van der Waals surface area (Å²) in [6.07, 6.45) is 0.322. The highest BCUT2D eigenvalue weighted by Crippen LogP contribution is 2.20. The molecule has 0 spiro atoms. The van der Waals surface area contributed by atoms with Crippen LogP contribution in [-0.2, 0) is 4.79 Å². The van der Waals surface area contributed by atoms with Crippen LogP contribution in [0, 0.1) is 13.8 Å². The maximum Gasteiger partial charge on any atom is 0.326 e. The largest absolute Gasteiger partial charge is 0.480 e. The Bertz CT molecular complexity index is 450. The second-order valence-corrected chi connectivity index (χ2v) is 4.38. The molecule has 3 N–H and O–H groups in total. The summed E-state index contributed by atoms with van der Waals surface area (Å²) in [6, 6.07) is -1.73. The van der Waals surface area contributed by atoms with E-state index in [1.54, 1.807) is 27.7 Å². The van der Waals surface area contributed by atoms with Crippen molar-refractivity contribution in [3.8, 4) is 0 Å². The molecule has 7 nitrogen and oxygen atoms in total. The van der Waals surface area contributed by atoms with E-state index in [1.807, 2.05) is 0 Å². The zero-order valence-electron chi connectivity index (χ0n) is 11.5. The first-order valence-corrected chi connectivity index (χ1v) is 6.09. The zero-order valence-corrected chi connectivity index (χ0v) is 11.5. The molecule has 1 aromatic rings. The van der Waals surface area contributed by atoms with Crippen LogP contribution >= 0.6 is 0 Å². The average Bonchev–Trinajstić information content (AvgIpc) is 2.65. The third-order valence-electron chi connectivity index (χ3n) is 2.88. The molecule has 0 bridgehead atoms. The Labute approximate surface area is 111 Å². The van der Waals surface area contributed by atoms with Crippen molar-refractivity contribution in [2.45, 2.75) is 46.2 Å². The zero-order chi connectivity index (χ0) is 14.6. The van der Waals surface area contributed by atoms with E-state index in [0.717, 1.165) is 5.56 Å². The smallest absolute Gasteiger partial charge is 0.326 e. The predicted octanol–water partition coefficient (Wildman–Crippen LogP) is 1.51. The molecule has 106 valence electrons. The number of carbonyl (C=O) groups is 2. The second kappa shape index (κ2) is 6.21. The van der Waals surface area contributed by atoms with Gasteiger partial charge in [0.15, 0.2) is 0 Å². The molecule has 19 heavy (non-hydrogen) atoms. The molecule has 0 fully saturated rings. The number of hydrogen-bond acceptors (Lipinski definition) is 4. The van der Waals surface area contributed by atoms with Crippen LogP contribution in [0.3, 0.4) is 0 Å². The van der Waals surface area contributed by atoms with E-state index in [-0.39, 0.29) is 6.04 Å². The number of nitrogens with one attached hydrogen (secondary N) is 2. The summed E-state index contributed by atoms with van der Waals surface area (Å²) < 4.78 is 5.02. The lowest BCUT2D eigenvalue weighted by molar-refractivity contribution is -0.139.